The SMILES string of the molecule is CNCC1CCCN1c1ccc(Cl)cn1. The van der Waals surface area contributed by atoms with Crippen molar-refractivity contribution in [1.82, 2.24) is 10.3 Å². The summed E-state index contributed by atoms with van der Waals surface area (Å²) in [5.74, 6) is 1.04. The Kier molecular flexibility index (Phi) is 3.44. The summed E-state index contributed by atoms with van der Waals surface area (Å²) in [5.41, 5.74) is 0. The van der Waals surface area contributed by atoms with Crippen LogP contribution in [0, 0.1) is 0 Å². The lowest BCUT2D eigenvalue weighted by atomic mass is 10.2. The number of hydrogen-bond acceptors (Lipinski definition) is 3. The lowest BCUT2D eigenvalue weighted by molar-refractivity contribution is 0.612. The fourth-order valence-corrected chi connectivity index (χ4v) is 2.23. The van der Waals surface area contributed by atoms with Crippen molar-refractivity contribution in [1.29, 1.82) is 0 Å². The topological polar surface area (TPSA) is 28.2 Å². The van der Waals surface area contributed by atoms with Gasteiger partial charge >= 0.3 is 0 Å². The minimum atomic E-state index is 0.573. The van der Waals surface area contributed by atoms with E-state index in [2.05, 4.69) is 15.2 Å². The molecule has 0 spiro atoms. The highest BCUT2D eigenvalue weighted by molar-refractivity contribution is 6.30. The molecule has 1 saturated heterocycles. The average molecular weight is 226 g/mol. The third-order valence-electron chi connectivity index (χ3n) is 2.82. The van der Waals surface area contributed by atoms with Crippen LogP contribution in [0.1, 0.15) is 12.8 Å². The van der Waals surface area contributed by atoms with E-state index in [0.29, 0.717) is 11.1 Å². The first kappa shape index (κ1) is 10.7. The van der Waals surface area contributed by atoms with E-state index in [-0.39, 0.29) is 0 Å². The smallest absolute Gasteiger partial charge is 0.128 e. The van der Waals surface area contributed by atoms with Gasteiger partial charge in [0.15, 0.2) is 0 Å². The van der Waals surface area contributed by atoms with Crippen LogP contribution in [0.4, 0.5) is 5.82 Å². The fourth-order valence-electron chi connectivity index (χ4n) is 2.12. The molecule has 1 aliphatic heterocycles. The van der Waals surface area contributed by atoms with Crippen LogP contribution in [0.3, 0.4) is 0 Å². The van der Waals surface area contributed by atoms with Crippen LogP contribution in [-0.2, 0) is 0 Å². The Balaban J connectivity index is 2.11. The van der Waals surface area contributed by atoms with E-state index < -0.39 is 0 Å². The van der Waals surface area contributed by atoms with Gasteiger partial charge in [0.25, 0.3) is 0 Å². The number of hydrogen-bond donors (Lipinski definition) is 1. The number of nitrogens with one attached hydrogen (secondary N) is 1. The predicted octanol–water partition coefficient (Wildman–Crippen LogP) is 1.92. The van der Waals surface area contributed by atoms with Gasteiger partial charge in [0.05, 0.1) is 5.02 Å². The van der Waals surface area contributed by atoms with Crippen LogP contribution in [0.2, 0.25) is 5.02 Å². The van der Waals surface area contributed by atoms with E-state index in [0.717, 1.165) is 18.9 Å². The normalized spacial score (nSPS) is 20.9. The van der Waals surface area contributed by atoms with E-state index in [1.165, 1.54) is 12.8 Å². The van der Waals surface area contributed by atoms with E-state index >= 15 is 0 Å². The summed E-state index contributed by atoms with van der Waals surface area (Å²) >= 11 is 5.82. The van der Waals surface area contributed by atoms with Gasteiger partial charge in [-0.25, -0.2) is 4.98 Å². The molecule has 0 bridgehead atoms. The second kappa shape index (κ2) is 4.81. The van der Waals surface area contributed by atoms with Gasteiger partial charge in [-0.05, 0) is 32.0 Å². The number of pyridine rings is 1. The van der Waals surface area contributed by atoms with Crippen LogP contribution in [-0.4, -0.2) is 31.2 Å². The molecule has 0 aromatic carbocycles. The molecular weight excluding hydrogens is 210 g/mol. The van der Waals surface area contributed by atoms with E-state index in [1.807, 2.05) is 19.2 Å². The van der Waals surface area contributed by atoms with Crippen LogP contribution >= 0.6 is 11.6 Å². The molecule has 1 aliphatic rings. The zero-order valence-electron chi connectivity index (χ0n) is 8.91. The van der Waals surface area contributed by atoms with Crippen molar-refractivity contribution in [2.45, 2.75) is 18.9 Å². The van der Waals surface area contributed by atoms with Gasteiger partial charge in [0.2, 0.25) is 0 Å². The molecular formula is C11H16ClN3. The highest BCUT2D eigenvalue weighted by Gasteiger charge is 2.24. The Labute approximate surface area is 95.4 Å². The quantitative estimate of drug-likeness (QED) is 0.852. The molecule has 1 fully saturated rings. The van der Waals surface area contributed by atoms with Gasteiger partial charge in [-0.2, -0.15) is 0 Å². The van der Waals surface area contributed by atoms with Crippen LogP contribution in [0.15, 0.2) is 18.3 Å². The lowest BCUT2D eigenvalue weighted by Gasteiger charge is -2.25. The first-order valence-electron chi connectivity index (χ1n) is 5.34. The number of nitrogens with zero attached hydrogens (tertiary/aromatic N) is 2. The number of halogens is 1. The zero-order chi connectivity index (χ0) is 10.7. The van der Waals surface area contributed by atoms with Crippen molar-refractivity contribution in [3.63, 3.8) is 0 Å². The third-order valence-corrected chi connectivity index (χ3v) is 3.05. The molecule has 15 heavy (non-hydrogen) atoms. The standard InChI is InChI=1S/C11H16ClN3/c1-13-8-10-3-2-6-15(10)11-5-4-9(12)7-14-11/h4-5,7,10,13H,2-3,6,8H2,1H3. The molecule has 0 saturated carbocycles. The maximum atomic E-state index is 5.82. The van der Waals surface area contributed by atoms with Crippen molar-refractivity contribution in [2.24, 2.45) is 0 Å². The van der Waals surface area contributed by atoms with Gasteiger partial charge in [-0.15, -0.1) is 0 Å². The van der Waals surface area contributed by atoms with Crippen molar-refractivity contribution < 1.29 is 0 Å². The Morgan fingerprint density at radius 3 is 3.13 bits per heavy atom. The molecule has 3 nitrogen and oxygen atoms in total. The number of likely N-dealkylation sites (N-methyl/N-ethyl adjacent to an activating group) is 1. The number of aromatic nitrogens is 1. The Morgan fingerprint density at radius 1 is 1.60 bits per heavy atom. The van der Waals surface area contributed by atoms with Gasteiger partial charge in [-0.1, -0.05) is 11.6 Å². The molecule has 1 unspecified atom stereocenters. The average Bonchev–Trinajstić information content (AvgIpc) is 2.68. The second-order valence-electron chi connectivity index (χ2n) is 3.88. The number of anilines is 1. The van der Waals surface area contributed by atoms with Gasteiger partial charge < -0.3 is 10.2 Å². The Bertz CT molecular complexity index is 312. The van der Waals surface area contributed by atoms with Crippen molar-refractivity contribution in [2.75, 3.05) is 25.0 Å². The highest BCUT2D eigenvalue weighted by Crippen LogP contribution is 2.23. The molecule has 82 valence electrons. The highest BCUT2D eigenvalue weighted by atomic mass is 35.5. The monoisotopic (exact) mass is 225 g/mol. The molecule has 0 radical (unpaired) electrons. The molecule has 1 aromatic rings. The molecule has 1 atom stereocenters. The summed E-state index contributed by atoms with van der Waals surface area (Å²) < 4.78 is 0. The Hall–Kier alpha value is -0.800. The zero-order valence-corrected chi connectivity index (χ0v) is 9.67. The first-order chi connectivity index (χ1) is 7.31. The lowest BCUT2D eigenvalue weighted by Crippen LogP contribution is -2.37. The van der Waals surface area contributed by atoms with Crippen molar-refractivity contribution >= 4 is 17.4 Å². The molecule has 1 N–H and O–H groups in total. The predicted molar refractivity (Wildman–Crippen MR) is 63.5 cm³/mol. The second-order valence-corrected chi connectivity index (χ2v) is 4.32. The van der Waals surface area contributed by atoms with E-state index in [1.54, 1.807) is 6.20 Å². The molecule has 2 rings (SSSR count). The van der Waals surface area contributed by atoms with Crippen molar-refractivity contribution in [3.05, 3.63) is 23.4 Å². The minimum absolute atomic E-state index is 0.573. The fraction of sp³-hybridized carbons (Fsp3) is 0.545. The largest absolute Gasteiger partial charge is 0.352 e. The third kappa shape index (κ3) is 2.41. The molecule has 1 aromatic heterocycles. The van der Waals surface area contributed by atoms with Crippen LogP contribution in [0.25, 0.3) is 0 Å². The molecule has 0 amide bonds. The minimum Gasteiger partial charge on any atom is -0.352 e. The maximum Gasteiger partial charge on any atom is 0.128 e. The van der Waals surface area contributed by atoms with Crippen LogP contribution in [0.5, 0.6) is 0 Å². The van der Waals surface area contributed by atoms with Gasteiger partial charge in [0, 0.05) is 25.3 Å². The Morgan fingerprint density at radius 2 is 2.47 bits per heavy atom. The summed E-state index contributed by atoms with van der Waals surface area (Å²) in [4.78, 5) is 6.71. The molecule has 4 heteroatoms. The molecule has 0 aliphatic carbocycles. The molecule has 2 heterocycles. The van der Waals surface area contributed by atoms with Crippen molar-refractivity contribution in [3.8, 4) is 0 Å². The van der Waals surface area contributed by atoms with Gasteiger partial charge in [-0.3, -0.25) is 0 Å². The summed E-state index contributed by atoms with van der Waals surface area (Å²) in [6, 6.07) is 4.47. The van der Waals surface area contributed by atoms with E-state index in [9.17, 15) is 0 Å². The maximum absolute atomic E-state index is 5.82. The first-order valence-corrected chi connectivity index (χ1v) is 5.72. The number of rotatable bonds is 3. The summed E-state index contributed by atoms with van der Waals surface area (Å²) in [5, 5.41) is 3.92. The van der Waals surface area contributed by atoms with Gasteiger partial charge in [0.1, 0.15) is 5.82 Å². The van der Waals surface area contributed by atoms with Crippen LogP contribution < -0.4 is 10.2 Å². The van der Waals surface area contributed by atoms with E-state index in [4.69, 9.17) is 11.6 Å². The summed E-state index contributed by atoms with van der Waals surface area (Å²) in [7, 11) is 1.99. The summed E-state index contributed by atoms with van der Waals surface area (Å²) in [6.07, 6.45) is 4.20. The summed E-state index contributed by atoms with van der Waals surface area (Å²) in [6.45, 7) is 2.12.